The Labute approximate surface area is 202 Å². The second-order valence-electron chi connectivity index (χ2n) is 7.67. The summed E-state index contributed by atoms with van der Waals surface area (Å²) in [5, 5.41) is 11.9. The molecule has 7 heteroatoms. The Morgan fingerprint density at radius 1 is 0.970 bits per heavy atom. The molecule has 4 aromatic rings. The number of carboxylic acid groups (broad SMARTS) is 1. The van der Waals surface area contributed by atoms with Gasteiger partial charge in [0.2, 0.25) is 0 Å². The molecule has 0 atom stereocenters. The molecule has 0 aliphatic heterocycles. The van der Waals surface area contributed by atoms with E-state index < -0.39 is 5.97 Å². The van der Waals surface area contributed by atoms with E-state index in [0.717, 1.165) is 34.9 Å². The van der Waals surface area contributed by atoms with Gasteiger partial charge in [-0.1, -0.05) is 71.7 Å². The van der Waals surface area contributed by atoms with Gasteiger partial charge in [0.15, 0.2) is 0 Å². The second-order valence-corrected chi connectivity index (χ2v) is 8.45. The third kappa shape index (κ3) is 4.71. The van der Waals surface area contributed by atoms with Crippen molar-refractivity contribution in [1.82, 2.24) is 4.57 Å². The largest absolute Gasteiger partial charge is 0.492 e. The Morgan fingerprint density at radius 2 is 1.73 bits per heavy atom. The van der Waals surface area contributed by atoms with Crippen LogP contribution in [0.2, 0.25) is 10.0 Å². The number of unbranched alkanes of at least 4 members (excludes halogenated alkanes) is 1. The van der Waals surface area contributed by atoms with Gasteiger partial charge in [-0.2, -0.15) is 0 Å². The van der Waals surface area contributed by atoms with Crippen LogP contribution in [0, 0.1) is 0 Å². The summed E-state index contributed by atoms with van der Waals surface area (Å²) in [6, 6.07) is 20.7. The fourth-order valence-corrected chi connectivity index (χ4v) is 4.47. The van der Waals surface area contributed by atoms with E-state index in [1.807, 2.05) is 53.1 Å². The number of rotatable bonds is 9. The highest BCUT2D eigenvalue weighted by Crippen LogP contribution is 2.37. The highest BCUT2D eigenvalue weighted by atomic mass is 35.5. The third-order valence-corrected chi connectivity index (χ3v) is 6.43. The van der Waals surface area contributed by atoms with E-state index in [1.54, 1.807) is 18.2 Å². The normalized spacial score (nSPS) is 11.1. The number of hydrogen-bond acceptors (Lipinski definition) is 3. The van der Waals surface area contributed by atoms with Crippen LogP contribution in [-0.4, -0.2) is 22.2 Å². The van der Waals surface area contributed by atoms with Crippen LogP contribution in [0.3, 0.4) is 0 Å². The number of para-hydroxylation sites is 1. The minimum Gasteiger partial charge on any atom is -0.492 e. The predicted molar refractivity (Wildman–Crippen MR) is 133 cm³/mol. The van der Waals surface area contributed by atoms with E-state index >= 15 is 0 Å². The van der Waals surface area contributed by atoms with Gasteiger partial charge in [-0.15, -0.1) is 0 Å². The summed E-state index contributed by atoms with van der Waals surface area (Å²) in [7, 11) is 0. The molecule has 33 heavy (non-hydrogen) atoms. The number of fused-ring (bicyclic) bond motifs is 1. The number of carbonyl (C=O) groups is 1. The summed E-state index contributed by atoms with van der Waals surface area (Å²) >= 11 is 12.2. The molecule has 0 aliphatic rings. The average molecular weight is 483 g/mol. The Kier molecular flexibility index (Phi) is 7.23. The van der Waals surface area contributed by atoms with Crippen molar-refractivity contribution in [3.8, 4) is 16.9 Å². The second kappa shape index (κ2) is 10.3. The Balaban J connectivity index is 1.61. The number of carboxylic acids is 1. The third-order valence-electron chi connectivity index (χ3n) is 5.63. The first kappa shape index (κ1) is 23.2. The van der Waals surface area contributed by atoms with Crippen LogP contribution in [0.4, 0.5) is 0 Å². The molecule has 3 N–H and O–H groups in total. The Morgan fingerprint density at radius 3 is 2.52 bits per heavy atom. The van der Waals surface area contributed by atoms with Crippen LogP contribution in [0.15, 0.2) is 66.7 Å². The van der Waals surface area contributed by atoms with Crippen molar-refractivity contribution >= 4 is 40.1 Å². The molecule has 0 spiro atoms. The first-order chi connectivity index (χ1) is 16.0. The molecule has 170 valence electrons. The van der Waals surface area contributed by atoms with Crippen molar-refractivity contribution in [3.05, 3.63) is 88.0 Å². The molecule has 1 heterocycles. The Hall–Kier alpha value is -2.99. The Bertz CT molecular complexity index is 1300. The van der Waals surface area contributed by atoms with Crippen molar-refractivity contribution in [1.29, 1.82) is 0 Å². The van der Waals surface area contributed by atoms with Crippen LogP contribution >= 0.6 is 23.2 Å². The number of nitrogens with zero attached hydrogens (tertiary/aromatic N) is 1. The molecule has 5 nitrogen and oxygen atoms in total. The maximum Gasteiger partial charge on any atom is 0.353 e. The van der Waals surface area contributed by atoms with E-state index in [-0.39, 0.29) is 5.69 Å². The summed E-state index contributed by atoms with van der Waals surface area (Å²) in [5.74, 6) is -0.419. The fraction of sp³-hybridized carbons (Fsp3) is 0.192. The van der Waals surface area contributed by atoms with Gasteiger partial charge < -0.3 is 20.1 Å². The highest BCUT2D eigenvalue weighted by molar-refractivity contribution is 6.42. The number of benzene rings is 3. The van der Waals surface area contributed by atoms with Crippen LogP contribution in [-0.2, 0) is 13.1 Å². The highest BCUT2D eigenvalue weighted by Gasteiger charge is 2.24. The maximum atomic E-state index is 12.4. The SMILES string of the molecule is NCc1ccccc1-c1c(C(=O)O)n(CCCCOc2cccc(Cl)c2Cl)c2ccccc12. The maximum absolute atomic E-state index is 12.4. The zero-order valence-electron chi connectivity index (χ0n) is 17.9. The number of aromatic carboxylic acids is 1. The number of halogens is 2. The van der Waals surface area contributed by atoms with Crippen molar-refractivity contribution in [2.24, 2.45) is 5.73 Å². The monoisotopic (exact) mass is 482 g/mol. The number of nitrogens with two attached hydrogens (primary N) is 1. The first-order valence-electron chi connectivity index (χ1n) is 10.7. The lowest BCUT2D eigenvalue weighted by Gasteiger charge is -2.12. The van der Waals surface area contributed by atoms with Crippen molar-refractivity contribution in [3.63, 3.8) is 0 Å². The molecule has 0 saturated heterocycles. The average Bonchev–Trinajstić information content (AvgIpc) is 3.16. The summed E-state index contributed by atoms with van der Waals surface area (Å²) < 4.78 is 7.65. The summed E-state index contributed by atoms with van der Waals surface area (Å²) in [5.41, 5.74) is 9.59. The van der Waals surface area contributed by atoms with Gasteiger partial charge in [-0.25, -0.2) is 4.79 Å². The van der Waals surface area contributed by atoms with Crippen LogP contribution in [0.25, 0.3) is 22.0 Å². The van der Waals surface area contributed by atoms with Gasteiger partial charge in [0.05, 0.1) is 11.6 Å². The van der Waals surface area contributed by atoms with E-state index in [4.69, 9.17) is 33.7 Å². The van der Waals surface area contributed by atoms with E-state index in [0.29, 0.717) is 41.1 Å². The van der Waals surface area contributed by atoms with Crippen LogP contribution in [0.5, 0.6) is 5.75 Å². The number of hydrogen-bond donors (Lipinski definition) is 2. The molecule has 0 aliphatic carbocycles. The zero-order valence-corrected chi connectivity index (χ0v) is 19.4. The van der Waals surface area contributed by atoms with E-state index in [1.165, 1.54) is 0 Å². The van der Waals surface area contributed by atoms with E-state index in [9.17, 15) is 9.90 Å². The van der Waals surface area contributed by atoms with Crippen molar-refractivity contribution < 1.29 is 14.6 Å². The molecule has 0 amide bonds. The zero-order chi connectivity index (χ0) is 23.4. The van der Waals surface area contributed by atoms with Crippen LogP contribution in [0.1, 0.15) is 28.9 Å². The number of aromatic nitrogens is 1. The van der Waals surface area contributed by atoms with Crippen LogP contribution < -0.4 is 10.5 Å². The predicted octanol–water partition coefficient (Wildman–Crippen LogP) is 6.63. The molecule has 0 unspecified atom stereocenters. The molecular formula is C26H24Cl2N2O3. The van der Waals surface area contributed by atoms with Gasteiger partial charge in [0, 0.05) is 29.6 Å². The summed E-state index contributed by atoms with van der Waals surface area (Å²) in [6.07, 6.45) is 1.46. The van der Waals surface area contributed by atoms with E-state index in [2.05, 4.69) is 0 Å². The molecule has 0 bridgehead atoms. The first-order valence-corrected chi connectivity index (χ1v) is 11.5. The van der Waals surface area contributed by atoms with Gasteiger partial charge >= 0.3 is 5.97 Å². The lowest BCUT2D eigenvalue weighted by atomic mass is 9.97. The molecule has 0 fully saturated rings. The standard InChI is InChI=1S/C26H24Cl2N2O3/c27-20-11-7-13-22(24(20)28)33-15-6-5-14-30-21-12-4-3-10-19(21)23(25(30)26(31)32)18-9-2-1-8-17(18)16-29/h1-4,7-13H,5-6,14-16,29H2,(H,31,32). The molecule has 0 saturated carbocycles. The smallest absolute Gasteiger partial charge is 0.353 e. The number of aryl methyl sites for hydroxylation is 1. The lowest BCUT2D eigenvalue weighted by molar-refractivity contribution is 0.0686. The molecule has 3 aromatic carbocycles. The van der Waals surface area contributed by atoms with Gasteiger partial charge in [-0.3, -0.25) is 0 Å². The molecular weight excluding hydrogens is 459 g/mol. The van der Waals surface area contributed by atoms with Gasteiger partial charge in [0.25, 0.3) is 0 Å². The molecule has 0 radical (unpaired) electrons. The van der Waals surface area contributed by atoms with Gasteiger partial charge in [-0.05, 0) is 42.2 Å². The fourth-order valence-electron chi connectivity index (χ4n) is 4.12. The quantitative estimate of drug-likeness (QED) is 0.262. The summed E-state index contributed by atoms with van der Waals surface area (Å²) in [4.78, 5) is 12.4. The number of ether oxygens (including phenoxy) is 1. The van der Waals surface area contributed by atoms with Gasteiger partial charge in [0.1, 0.15) is 16.5 Å². The molecule has 1 aromatic heterocycles. The van der Waals surface area contributed by atoms with Crippen molar-refractivity contribution in [2.45, 2.75) is 25.9 Å². The molecule has 4 rings (SSSR count). The lowest BCUT2D eigenvalue weighted by Crippen LogP contribution is -2.11. The minimum atomic E-state index is -0.963. The van der Waals surface area contributed by atoms with Crippen molar-refractivity contribution in [2.75, 3.05) is 6.61 Å². The summed E-state index contributed by atoms with van der Waals surface area (Å²) in [6.45, 7) is 1.32. The minimum absolute atomic E-state index is 0.274. The topological polar surface area (TPSA) is 77.5 Å².